The summed E-state index contributed by atoms with van der Waals surface area (Å²) in [6.45, 7) is 4.58. The Bertz CT molecular complexity index is 144. The summed E-state index contributed by atoms with van der Waals surface area (Å²) in [6, 6.07) is 0.490. The average Bonchev–Trinajstić information content (AvgIpc) is 2.26. The molecule has 0 spiro atoms. The second-order valence-corrected chi connectivity index (χ2v) is 5.01. The van der Waals surface area contributed by atoms with E-state index >= 15 is 0 Å². The lowest BCUT2D eigenvalue weighted by Crippen LogP contribution is -2.33. The molecule has 0 aromatic carbocycles. The van der Waals surface area contributed by atoms with Gasteiger partial charge in [0.15, 0.2) is 0 Å². The first-order valence-electron chi connectivity index (χ1n) is 6.53. The maximum atomic E-state index is 6.25. The van der Waals surface area contributed by atoms with Gasteiger partial charge in [0.1, 0.15) is 0 Å². The van der Waals surface area contributed by atoms with Crippen molar-refractivity contribution in [2.24, 2.45) is 17.6 Å². The topological polar surface area (TPSA) is 26.0 Å². The summed E-state index contributed by atoms with van der Waals surface area (Å²) >= 11 is 0. The van der Waals surface area contributed by atoms with Crippen molar-refractivity contribution in [3.05, 3.63) is 0 Å². The minimum Gasteiger partial charge on any atom is -0.327 e. The first-order chi connectivity index (χ1) is 6.77. The molecule has 0 bridgehead atoms. The summed E-state index contributed by atoms with van der Waals surface area (Å²) in [5.41, 5.74) is 6.25. The second-order valence-electron chi connectivity index (χ2n) is 5.01. The molecule has 1 aliphatic rings. The van der Waals surface area contributed by atoms with E-state index in [-0.39, 0.29) is 0 Å². The number of hydrogen-bond donors (Lipinski definition) is 1. The maximum Gasteiger partial charge on any atom is 0.00672 e. The van der Waals surface area contributed by atoms with Gasteiger partial charge in [-0.15, -0.1) is 0 Å². The van der Waals surface area contributed by atoms with Gasteiger partial charge in [-0.1, -0.05) is 46.0 Å². The molecule has 3 atom stereocenters. The fraction of sp³-hybridized carbons (Fsp3) is 1.00. The van der Waals surface area contributed by atoms with Gasteiger partial charge in [0.05, 0.1) is 0 Å². The van der Waals surface area contributed by atoms with Crippen molar-refractivity contribution in [2.75, 3.05) is 0 Å². The Morgan fingerprint density at radius 2 is 2.07 bits per heavy atom. The summed E-state index contributed by atoms with van der Waals surface area (Å²) in [7, 11) is 0. The highest BCUT2D eigenvalue weighted by molar-refractivity contribution is 4.79. The van der Waals surface area contributed by atoms with Gasteiger partial charge in [0.25, 0.3) is 0 Å². The molecule has 1 rings (SSSR count). The SMILES string of the molecule is CCCCC(N)C1CCCC(CC)C1. The molecule has 0 radical (unpaired) electrons. The zero-order valence-electron chi connectivity index (χ0n) is 9.97. The Kier molecular flexibility index (Phi) is 5.54. The number of nitrogens with two attached hydrogens (primary N) is 1. The molecule has 0 aromatic heterocycles. The lowest BCUT2D eigenvalue weighted by atomic mass is 9.76. The van der Waals surface area contributed by atoms with Crippen LogP contribution in [0.4, 0.5) is 0 Å². The molecule has 1 nitrogen and oxygen atoms in total. The van der Waals surface area contributed by atoms with E-state index in [1.807, 2.05) is 0 Å². The highest BCUT2D eigenvalue weighted by atomic mass is 14.6. The molecule has 1 fully saturated rings. The van der Waals surface area contributed by atoms with Crippen molar-refractivity contribution >= 4 is 0 Å². The normalized spacial score (nSPS) is 30.2. The fourth-order valence-corrected chi connectivity index (χ4v) is 2.77. The zero-order chi connectivity index (χ0) is 10.4. The van der Waals surface area contributed by atoms with E-state index in [4.69, 9.17) is 5.73 Å². The van der Waals surface area contributed by atoms with Crippen LogP contribution in [0.1, 0.15) is 65.2 Å². The molecule has 0 amide bonds. The molecule has 0 aliphatic heterocycles. The van der Waals surface area contributed by atoms with Crippen LogP contribution < -0.4 is 5.73 Å². The molecule has 2 N–H and O–H groups in total. The first-order valence-corrected chi connectivity index (χ1v) is 6.53. The summed E-state index contributed by atoms with van der Waals surface area (Å²) in [5.74, 6) is 1.81. The van der Waals surface area contributed by atoms with E-state index in [1.165, 1.54) is 51.4 Å². The van der Waals surface area contributed by atoms with E-state index in [1.54, 1.807) is 0 Å². The number of hydrogen-bond acceptors (Lipinski definition) is 1. The Morgan fingerprint density at radius 1 is 1.29 bits per heavy atom. The molecule has 84 valence electrons. The smallest absolute Gasteiger partial charge is 0.00672 e. The molecule has 14 heavy (non-hydrogen) atoms. The lowest BCUT2D eigenvalue weighted by molar-refractivity contribution is 0.222. The monoisotopic (exact) mass is 197 g/mol. The average molecular weight is 197 g/mol. The summed E-state index contributed by atoms with van der Waals surface area (Å²) in [4.78, 5) is 0. The van der Waals surface area contributed by atoms with Crippen molar-refractivity contribution in [3.8, 4) is 0 Å². The fourth-order valence-electron chi connectivity index (χ4n) is 2.77. The van der Waals surface area contributed by atoms with Crippen LogP contribution in [0.2, 0.25) is 0 Å². The molecule has 1 saturated carbocycles. The van der Waals surface area contributed by atoms with Gasteiger partial charge in [-0.05, 0) is 31.1 Å². The quantitative estimate of drug-likeness (QED) is 0.714. The first kappa shape index (κ1) is 12.0. The Balaban J connectivity index is 2.27. The predicted octanol–water partition coefficient (Wildman–Crippen LogP) is 3.72. The van der Waals surface area contributed by atoms with Crippen molar-refractivity contribution in [2.45, 2.75) is 71.3 Å². The van der Waals surface area contributed by atoms with Gasteiger partial charge in [0.2, 0.25) is 0 Å². The third-order valence-corrected chi connectivity index (χ3v) is 3.90. The van der Waals surface area contributed by atoms with Gasteiger partial charge in [0, 0.05) is 6.04 Å². The van der Waals surface area contributed by atoms with Crippen LogP contribution in [0.3, 0.4) is 0 Å². The number of rotatable bonds is 5. The van der Waals surface area contributed by atoms with Crippen LogP contribution in [0.25, 0.3) is 0 Å². The van der Waals surface area contributed by atoms with Gasteiger partial charge < -0.3 is 5.73 Å². The van der Waals surface area contributed by atoms with Gasteiger partial charge in [-0.3, -0.25) is 0 Å². The zero-order valence-corrected chi connectivity index (χ0v) is 9.97. The third kappa shape index (κ3) is 3.61. The van der Waals surface area contributed by atoms with Crippen molar-refractivity contribution < 1.29 is 0 Å². The summed E-state index contributed by atoms with van der Waals surface area (Å²) < 4.78 is 0. The number of unbranched alkanes of at least 4 members (excludes halogenated alkanes) is 1. The van der Waals surface area contributed by atoms with E-state index in [2.05, 4.69) is 13.8 Å². The minimum absolute atomic E-state index is 0.490. The highest BCUT2D eigenvalue weighted by Gasteiger charge is 2.24. The molecule has 0 saturated heterocycles. The molecule has 0 aromatic rings. The van der Waals surface area contributed by atoms with Crippen LogP contribution in [0, 0.1) is 11.8 Å². The van der Waals surface area contributed by atoms with Crippen LogP contribution in [0.15, 0.2) is 0 Å². The van der Waals surface area contributed by atoms with Crippen molar-refractivity contribution in [3.63, 3.8) is 0 Å². The van der Waals surface area contributed by atoms with Crippen LogP contribution in [0.5, 0.6) is 0 Å². The summed E-state index contributed by atoms with van der Waals surface area (Å²) in [5, 5.41) is 0. The molecular formula is C13H27N. The molecule has 1 aliphatic carbocycles. The van der Waals surface area contributed by atoms with Gasteiger partial charge in [-0.25, -0.2) is 0 Å². The maximum absolute atomic E-state index is 6.25. The molecule has 3 unspecified atom stereocenters. The van der Waals surface area contributed by atoms with Crippen molar-refractivity contribution in [1.82, 2.24) is 0 Å². The van der Waals surface area contributed by atoms with Crippen molar-refractivity contribution in [1.29, 1.82) is 0 Å². The van der Waals surface area contributed by atoms with Crippen LogP contribution >= 0.6 is 0 Å². The van der Waals surface area contributed by atoms with Gasteiger partial charge in [-0.2, -0.15) is 0 Å². The van der Waals surface area contributed by atoms with E-state index < -0.39 is 0 Å². The third-order valence-electron chi connectivity index (χ3n) is 3.90. The second kappa shape index (κ2) is 6.44. The molecular weight excluding hydrogens is 170 g/mol. The Morgan fingerprint density at radius 3 is 2.71 bits per heavy atom. The lowest BCUT2D eigenvalue weighted by Gasteiger charge is -2.32. The predicted molar refractivity (Wildman–Crippen MR) is 63.2 cm³/mol. The van der Waals surface area contributed by atoms with Crippen LogP contribution in [-0.2, 0) is 0 Å². The molecule has 1 heteroatoms. The largest absolute Gasteiger partial charge is 0.327 e. The highest BCUT2D eigenvalue weighted by Crippen LogP contribution is 2.33. The summed E-state index contributed by atoms with van der Waals surface area (Å²) in [6.07, 6.45) is 10.9. The van der Waals surface area contributed by atoms with E-state index in [0.29, 0.717) is 6.04 Å². The van der Waals surface area contributed by atoms with Gasteiger partial charge >= 0.3 is 0 Å². The Labute approximate surface area is 89.5 Å². The van der Waals surface area contributed by atoms with Crippen LogP contribution in [-0.4, -0.2) is 6.04 Å². The minimum atomic E-state index is 0.490. The van der Waals surface area contributed by atoms with E-state index in [9.17, 15) is 0 Å². The standard InChI is InChI=1S/C13H27N/c1-3-5-9-13(14)12-8-6-7-11(4-2)10-12/h11-13H,3-10,14H2,1-2H3. The Hall–Kier alpha value is -0.0400. The molecule has 0 heterocycles. The van der Waals surface area contributed by atoms with E-state index in [0.717, 1.165) is 11.8 Å².